The predicted octanol–water partition coefficient (Wildman–Crippen LogP) is 2.99. The lowest BCUT2D eigenvalue weighted by atomic mass is 10.1. The van der Waals surface area contributed by atoms with E-state index in [0.29, 0.717) is 17.9 Å². The second kappa shape index (κ2) is 6.39. The number of nitrogens with one attached hydrogen (secondary N) is 2. The minimum atomic E-state index is -0.327. The van der Waals surface area contributed by atoms with Crippen molar-refractivity contribution in [3.05, 3.63) is 52.7 Å². The quantitative estimate of drug-likeness (QED) is 0.910. The van der Waals surface area contributed by atoms with Gasteiger partial charge in [0.15, 0.2) is 0 Å². The van der Waals surface area contributed by atoms with E-state index in [1.807, 2.05) is 6.92 Å². The van der Waals surface area contributed by atoms with Crippen LogP contribution in [0.15, 0.2) is 28.8 Å². The maximum atomic E-state index is 13.1. The first-order valence-electron chi connectivity index (χ1n) is 6.69. The number of nitrogens with zero attached hydrogens (tertiary/aromatic N) is 1. The van der Waals surface area contributed by atoms with Crippen LogP contribution >= 0.6 is 0 Å². The molecule has 0 saturated heterocycles. The summed E-state index contributed by atoms with van der Waals surface area (Å²) in [6, 6.07) is 5.54. The molecule has 1 aromatic heterocycles. The summed E-state index contributed by atoms with van der Waals surface area (Å²) in [6.07, 6.45) is 0. The highest BCUT2D eigenvalue weighted by atomic mass is 19.1. The minimum Gasteiger partial charge on any atom is -0.361 e. The standard InChI is InChI=1S/C15H18FN3O2/c1-9(12-5-4-6-13(16)7-12)18-15(20)17-8-14-10(2)19-21-11(14)3/h4-7,9H,8H2,1-3H3,(H2,17,18,20)/t9-/m0/s1. The number of carbonyl (C=O) groups excluding carboxylic acids is 1. The smallest absolute Gasteiger partial charge is 0.315 e. The van der Waals surface area contributed by atoms with Crippen molar-refractivity contribution in [2.75, 3.05) is 0 Å². The second-order valence-electron chi connectivity index (χ2n) is 4.91. The molecule has 2 N–H and O–H groups in total. The summed E-state index contributed by atoms with van der Waals surface area (Å²) in [5, 5.41) is 9.32. The fourth-order valence-corrected chi connectivity index (χ4v) is 2.03. The van der Waals surface area contributed by atoms with E-state index < -0.39 is 0 Å². The minimum absolute atomic E-state index is 0.287. The highest BCUT2D eigenvalue weighted by molar-refractivity contribution is 5.74. The van der Waals surface area contributed by atoms with Crippen LogP contribution in [0.25, 0.3) is 0 Å². The Labute approximate surface area is 122 Å². The van der Waals surface area contributed by atoms with E-state index in [-0.39, 0.29) is 17.9 Å². The first-order valence-corrected chi connectivity index (χ1v) is 6.69. The normalized spacial score (nSPS) is 12.0. The van der Waals surface area contributed by atoms with Crippen LogP contribution < -0.4 is 10.6 Å². The molecule has 0 spiro atoms. The Bertz CT molecular complexity index is 620. The Morgan fingerprint density at radius 2 is 2.19 bits per heavy atom. The molecule has 0 aliphatic heterocycles. The number of carbonyl (C=O) groups is 1. The number of aryl methyl sites for hydroxylation is 2. The molecule has 6 heteroatoms. The van der Waals surface area contributed by atoms with Crippen LogP contribution in [0.3, 0.4) is 0 Å². The fourth-order valence-electron chi connectivity index (χ4n) is 2.03. The summed E-state index contributed by atoms with van der Waals surface area (Å²) in [7, 11) is 0. The van der Waals surface area contributed by atoms with Gasteiger partial charge in [-0.05, 0) is 38.5 Å². The van der Waals surface area contributed by atoms with E-state index in [2.05, 4.69) is 15.8 Å². The number of hydrogen-bond acceptors (Lipinski definition) is 3. The summed E-state index contributed by atoms with van der Waals surface area (Å²) < 4.78 is 18.2. The first-order chi connectivity index (χ1) is 9.97. The van der Waals surface area contributed by atoms with Gasteiger partial charge in [-0.15, -0.1) is 0 Å². The number of aromatic nitrogens is 1. The molecule has 2 aromatic rings. The molecule has 21 heavy (non-hydrogen) atoms. The van der Waals surface area contributed by atoms with E-state index in [1.54, 1.807) is 26.0 Å². The van der Waals surface area contributed by atoms with E-state index in [9.17, 15) is 9.18 Å². The van der Waals surface area contributed by atoms with Gasteiger partial charge in [-0.2, -0.15) is 0 Å². The monoisotopic (exact) mass is 291 g/mol. The zero-order chi connectivity index (χ0) is 15.4. The Kier molecular flexibility index (Phi) is 4.57. The largest absolute Gasteiger partial charge is 0.361 e. The van der Waals surface area contributed by atoms with Crippen molar-refractivity contribution >= 4 is 6.03 Å². The van der Waals surface area contributed by atoms with Gasteiger partial charge in [0.2, 0.25) is 0 Å². The predicted molar refractivity (Wildman–Crippen MR) is 76.2 cm³/mol. The van der Waals surface area contributed by atoms with Crippen LogP contribution in [0.1, 0.15) is 35.5 Å². The van der Waals surface area contributed by atoms with Crippen molar-refractivity contribution in [2.24, 2.45) is 0 Å². The van der Waals surface area contributed by atoms with Crippen molar-refractivity contribution in [2.45, 2.75) is 33.4 Å². The Balaban J connectivity index is 1.90. The molecule has 0 aliphatic carbocycles. The molecule has 0 fully saturated rings. The van der Waals surface area contributed by atoms with Gasteiger partial charge in [0.25, 0.3) is 0 Å². The molecule has 5 nitrogen and oxygen atoms in total. The van der Waals surface area contributed by atoms with Gasteiger partial charge in [-0.1, -0.05) is 17.3 Å². The number of benzene rings is 1. The molecule has 1 heterocycles. The van der Waals surface area contributed by atoms with Gasteiger partial charge in [0, 0.05) is 12.1 Å². The van der Waals surface area contributed by atoms with Crippen molar-refractivity contribution in [1.82, 2.24) is 15.8 Å². The van der Waals surface area contributed by atoms with Crippen LogP contribution in [-0.4, -0.2) is 11.2 Å². The molecule has 0 unspecified atom stereocenters. The van der Waals surface area contributed by atoms with Crippen molar-refractivity contribution < 1.29 is 13.7 Å². The fraction of sp³-hybridized carbons (Fsp3) is 0.333. The van der Waals surface area contributed by atoms with Gasteiger partial charge >= 0.3 is 6.03 Å². The number of urea groups is 1. The molecule has 112 valence electrons. The highest BCUT2D eigenvalue weighted by Crippen LogP contribution is 2.14. The summed E-state index contributed by atoms with van der Waals surface area (Å²) in [6.45, 7) is 5.75. The molecule has 0 aliphatic rings. The second-order valence-corrected chi connectivity index (χ2v) is 4.91. The zero-order valence-electron chi connectivity index (χ0n) is 12.2. The molecule has 0 saturated carbocycles. The third-order valence-electron chi connectivity index (χ3n) is 3.30. The maximum Gasteiger partial charge on any atom is 0.315 e. The van der Waals surface area contributed by atoms with Gasteiger partial charge in [0.05, 0.1) is 11.7 Å². The molecule has 2 amide bonds. The molecule has 0 bridgehead atoms. The zero-order valence-corrected chi connectivity index (χ0v) is 12.2. The Hall–Kier alpha value is -2.37. The summed E-state index contributed by atoms with van der Waals surface area (Å²) >= 11 is 0. The van der Waals surface area contributed by atoms with Crippen molar-refractivity contribution in [3.63, 3.8) is 0 Å². The van der Waals surface area contributed by atoms with Crippen molar-refractivity contribution in [1.29, 1.82) is 0 Å². The van der Waals surface area contributed by atoms with E-state index >= 15 is 0 Å². The van der Waals surface area contributed by atoms with Crippen LogP contribution in [0.2, 0.25) is 0 Å². The average Bonchev–Trinajstić information content (AvgIpc) is 2.76. The molecule has 2 rings (SSSR count). The number of amides is 2. The topological polar surface area (TPSA) is 67.2 Å². The van der Waals surface area contributed by atoms with Crippen LogP contribution in [0, 0.1) is 19.7 Å². The average molecular weight is 291 g/mol. The Morgan fingerprint density at radius 1 is 1.43 bits per heavy atom. The first kappa shape index (κ1) is 15.0. The summed E-state index contributed by atoms with van der Waals surface area (Å²) in [5.41, 5.74) is 2.33. The number of halogens is 1. The lowest BCUT2D eigenvalue weighted by molar-refractivity contribution is 0.237. The molecule has 1 atom stereocenters. The number of rotatable bonds is 4. The lowest BCUT2D eigenvalue weighted by Gasteiger charge is -2.15. The van der Waals surface area contributed by atoms with Crippen LogP contribution in [0.4, 0.5) is 9.18 Å². The summed E-state index contributed by atoms with van der Waals surface area (Å²) in [4.78, 5) is 11.9. The van der Waals surface area contributed by atoms with Crippen LogP contribution in [-0.2, 0) is 6.54 Å². The third kappa shape index (κ3) is 3.81. The van der Waals surface area contributed by atoms with Crippen LogP contribution in [0.5, 0.6) is 0 Å². The van der Waals surface area contributed by atoms with E-state index in [0.717, 1.165) is 11.3 Å². The Morgan fingerprint density at radius 3 is 2.81 bits per heavy atom. The van der Waals surface area contributed by atoms with Gasteiger partial charge < -0.3 is 15.2 Å². The molecule has 1 aromatic carbocycles. The molecule has 0 radical (unpaired) electrons. The van der Waals surface area contributed by atoms with Gasteiger partial charge in [-0.25, -0.2) is 9.18 Å². The summed E-state index contributed by atoms with van der Waals surface area (Å²) in [5.74, 6) is 0.364. The van der Waals surface area contributed by atoms with Gasteiger partial charge in [0.1, 0.15) is 11.6 Å². The van der Waals surface area contributed by atoms with E-state index in [1.165, 1.54) is 12.1 Å². The lowest BCUT2D eigenvalue weighted by Crippen LogP contribution is -2.36. The third-order valence-corrected chi connectivity index (χ3v) is 3.30. The molecular weight excluding hydrogens is 273 g/mol. The molecular formula is C15H18FN3O2. The highest BCUT2D eigenvalue weighted by Gasteiger charge is 2.12. The van der Waals surface area contributed by atoms with E-state index in [4.69, 9.17) is 4.52 Å². The van der Waals surface area contributed by atoms with Gasteiger partial charge in [-0.3, -0.25) is 0 Å². The SMILES string of the molecule is Cc1noc(C)c1CNC(=O)N[C@@H](C)c1cccc(F)c1. The number of hydrogen-bond donors (Lipinski definition) is 2. The maximum absolute atomic E-state index is 13.1. The van der Waals surface area contributed by atoms with Crippen molar-refractivity contribution in [3.8, 4) is 0 Å².